The van der Waals surface area contributed by atoms with E-state index in [4.69, 9.17) is 0 Å². The Hall–Kier alpha value is -1.86. The van der Waals surface area contributed by atoms with Gasteiger partial charge in [-0.1, -0.05) is 0 Å². The Morgan fingerprint density at radius 1 is 1.10 bits per heavy atom. The van der Waals surface area contributed by atoms with Crippen LogP contribution in [0, 0.1) is 5.82 Å². The molecule has 2 aliphatic rings. The third-order valence-electron chi connectivity index (χ3n) is 5.27. The minimum absolute atomic E-state index is 0.0832. The first-order valence-corrected chi connectivity index (χ1v) is 13.1. The standard InChI is InChI=1S/C18H20FN3O5S3/c19-14-3-5-15(6-4-14)29(24,25)22-9-1-2-16(22)18(23)20-30(26,27)21-10-7-17-13(12-21)8-11-28-17/h3-6,8,11,16H,1-2,7,9-10,12H2,(H,20,23)/t16-/m0/s1. The van der Waals surface area contributed by atoms with Crippen LogP contribution in [0.2, 0.25) is 0 Å². The van der Waals surface area contributed by atoms with Crippen LogP contribution in [-0.4, -0.2) is 50.5 Å². The second kappa shape index (κ2) is 8.00. The fraction of sp³-hybridized carbons (Fsp3) is 0.389. The Kier molecular flexibility index (Phi) is 5.70. The summed E-state index contributed by atoms with van der Waals surface area (Å²) in [6.45, 7) is 0.502. The molecule has 4 rings (SSSR count). The van der Waals surface area contributed by atoms with E-state index in [0.29, 0.717) is 12.8 Å². The molecule has 1 aromatic heterocycles. The van der Waals surface area contributed by atoms with Gasteiger partial charge in [-0.15, -0.1) is 11.3 Å². The number of rotatable bonds is 5. The van der Waals surface area contributed by atoms with Crippen molar-refractivity contribution in [3.8, 4) is 0 Å². The highest BCUT2D eigenvalue weighted by Gasteiger charge is 2.41. The van der Waals surface area contributed by atoms with Gasteiger partial charge < -0.3 is 0 Å². The lowest BCUT2D eigenvalue weighted by molar-refractivity contribution is -0.122. The maximum absolute atomic E-state index is 13.1. The molecule has 1 aromatic carbocycles. The lowest BCUT2D eigenvalue weighted by atomic mass is 10.1. The molecule has 1 N–H and O–H groups in total. The van der Waals surface area contributed by atoms with Gasteiger partial charge in [0.15, 0.2) is 0 Å². The number of thiophene rings is 1. The number of hydrogen-bond donors (Lipinski definition) is 1. The van der Waals surface area contributed by atoms with Crippen LogP contribution in [0.1, 0.15) is 23.3 Å². The average Bonchev–Trinajstić information content (AvgIpc) is 3.37. The second-order valence-electron chi connectivity index (χ2n) is 7.15. The molecule has 8 nitrogen and oxygen atoms in total. The fourth-order valence-electron chi connectivity index (χ4n) is 3.72. The Morgan fingerprint density at radius 2 is 1.83 bits per heavy atom. The molecular formula is C18H20FN3O5S3. The topological polar surface area (TPSA) is 104 Å². The number of benzene rings is 1. The highest BCUT2D eigenvalue weighted by atomic mass is 32.2. The van der Waals surface area contributed by atoms with Crippen molar-refractivity contribution in [1.29, 1.82) is 0 Å². The van der Waals surface area contributed by atoms with E-state index in [0.717, 1.165) is 39.0 Å². The van der Waals surface area contributed by atoms with E-state index in [1.807, 2.05) is 11.4 Å². The number of nitrogens with zero attached hydrogens (tertiary/aromatic N) is 2. The molecule has 12 heteroatoms. The van der Waals surface area contributed by atoms with Gasteiger partial charge in [0, 0.05) is 24.5 Å². The highest BCUT2D eigenvalue weighted by molar-refractivity contribution is 7.89. The van der Waals surface area contributed by atoms with Gasteiger partial charge in [0.05, 0.1) is 4.90 Å². The van der Waals surface area contributed by atoms with Gasteiger partial charge in [-0.2, -0.15) is 17.0 Å². The normalized spacial score (nSPS) is 20.8. The van der Waals surface area contributed by atoms with Crippen molar-refractivity contribution in [2.75, 3.05) is 13.1 Å². The summed E-state index contributed by atoms with van der Waals surface area (Å²) in [5.74, 6) is -1.46. The predicted molar refractivity (Wildman–Crippen MR) is 109 cm³/mol. The van der Waals surface area contributed by atoms with Crippen molar-refractivity contribution in [2.45, 2.75) is 36.7 Å². The molecule has 1 amide bonds. The molecule has 30 heavy (non-hydrogen) atoms. The lowest BCUT2D eigenvalue weighted by Gasteiger charge is -2.28. The smallest absolute Gasteiger partial charge is 0.272 e. The van der Waals surface area contributed by atoms with Gasteiger partial charge in [-0.3, -0.25) is 4.79 Å². The largest absolute Gasteiger partial charge is 0.304 e. The molecular weight excluding hydrogens is 453 g/mol. The first-order valence-electron chi connectivity index (χ1n) is 9.33. The number of sulfonamides is 1. The second-order valence-corrected chi connectivity index (χ2v) is 11.7. The summed E-state index contributed by atoms with van der Waals surface area (Å²) in [7, 11) is -8.18. The zero-order valence-electron chi connectivity index (χ0n) is 15.8. The number of carbonyl (C=O) groups is 1. The van der Waals surface area contributed by atoms with Crippen LogP contribution in [0.3, 0.4) is 0 Å². The quantitative estimate of drug-likeness (QED) is 0.708. The molecule has 3 heterocycles. The van der Waals surface area contributed by atoms with Crippen molar-refractivity contribution < 1.29 is 26.0 Å². The van der Waals surface area contributed by atoms with Crippen molar-refractivity contribution in [1.82, 2.24) is 13.3 Å². The summed E-state index contributed by atoms with van der Waals surface area (Å²) in [5, 5.41) is 1.90. The van der Waals surface area contributed by atoms with Crippen LogP contribution in [0.25, 0.3) is 0 Å². The van der Waals surface area contributed by atoms with E-state index in [2.05, 4.69) is 4.72 Å². The van der Waals surface area contributed by atoms with Gasteiger partial charge in [-0.25, -0.2) is 17.5 Å². The number of halogens is 1. The Balaban J connectivity index is 1.50. The number of carbonyl (C=O) groups excluding carboxylic acids is 1. The van der Waals surface area contributed by atoms with E-state index in [-0.39, 0.29) is 31.0 Å². The first kappa shape index (κ1) is 21.4. The van der Waals surface area contributed by atoms with E-state index < -0.39 is 38.0 Å². The van der Waals surface area contributed by atoms with Crippen LogP contribution < -0.4 is 4.72 Å². The molecule has 162 valence electrons. The van der Waals surface area contributed by atoms with Gasteiger partial charge >= 0.3 is 10.2 Å². The van der Waals surface area contributed by atoms with Crippen LogP contribution in [0.4, 0.5) is 4.39 Å². The summed E-state index contributed by atoms with van der Waals surface area (Å²) in [6, 6.07) is 5.02. The molecule has 1 atom stereocenters. The minimum Gasteiger partial charge on any atom is -0.272 e. The average molecular weight is 474 g/mol. The number of hydrogen-bond acceptors (Lipinski definition) is 6. The molecule has 0 saturated carbocycles. The van der Waals surface area contributed by atoms with E-state index >= 15 is 0 Å². The van der Waals surface area contributed by atoms with Gasteiger partial charge in [-0.05, 0) is 60.5 Å². The molecule has 0 radical (unpaired) electrons. The minimum atomic E-state index is -4.11. The number of amides is 1. The lowest BCUT2D eigenvalue weighted by Crippen LogP contribution is -2.51. The molecule has 0 unspecified atom stereocenters. The molecule has 2 aliphatic heterocycles. The van der Waals surface area contributed by atoms with E-state index in [1.165, 1.54) is 4.31 Å². The summed E-state index contributed by atoms with van der Waals surface area (Å²) in [5.41, 5.74) is 0.908. The predicted octanol–water partition coefficient (Wildman–Crippen LogP) is 1.46. The fourth-order valence-corrected chi connectivity index (χ4v) is 7.43. The molecule has 0 bridgehead atoms. The summed E-state index contributed by atoms with van der Waals surface area (Å²) in [6.07, 6.45) is 1.19. The maximum atomic E-state index is 13.1. The molecule has 1 fully saturated rings. The molecule has 0 aliphatic carbocycles. The van der Waals surface area contributed by atoms with Gasteiger partial charge in [0.25, 0.3) is 5.91 Å². The summed E-state index contributed by atoms with van der Waals surface area (Å²) < 4.78 is 68.6. The van der Waals surface area contributed by atoms with Gasteiger partial charge in [0.2, 0.25) is 10.0 Å². The number of fused-ring (bicyclic) bond motifs is 1. The zero-order valence-corrected chi connectivity index (χ0v) is 18.3. The van der Waals surface area contributed by atoms with Crippen molar-refractivity contribution >= 4 is 37.5 Å². The highest BCUT2D eigenvalue weighted by Crippen LogP contribution is 2.28. The SMILES string of the molecule is O=C(NS(=O)(=O)N1CCc2sccc2C1)[C@@H]1CCCN1S(=O)(=O)c1ccc(F)cc1. The van der Waals surface area contributed by atoms with Crippen LogP contribution >= 0.6 is 11.3 Å². The summed E-state index contributed by atoms with van der Waals surface area (Å²) >= 11 is 1.57. The molecule has 1 saturated heterocycles. The van der Waals surface area contributed by atoms with Crippen molar-refractivity contribution in [3.05, 3.63) is 52.0 Å². The Labute approximate surface area is 178 Å². The Bertz CT molecular complexity index is 1160. The Morgan fingerprint density at radius 3 is 2.57 bits per heavy atom. The zero-order chi connectivity index (χ0) is 21.5. The molecule has 0 spiro atoms. The monoisotopic (exact) mass is 473 g/mol. The van der Waals surface area contributed by atoms with E-state index in [1.54, 1.807) is 11.3 Å². The van der Waals surface area contributed by atoms with E-state index in [9.17, 15) is 26.0 Å². The first-order chi connectivity index (χ1) is 14.2. The maximum Gasteiger partial charge on any atom is 0.304 e. The number of nitrogens with one attached hydrogen (secondary N) is 1. The summed E-state index contributed by atoms with van der Waals surface area (Å²) in [4.78, 5) is 13.7. The molecule has 2 aromatic rings. The third kappa shape index (κ3) is 4.02. The van der Waals surface area contributed by atoms with Crippen molar-refractivity contribution in [2.24, 2.45) is 0 Å². The van der Waals surface area contributed by atoms with Crippen LogP contribution in [-0.2, 0) is 38.0 Å². The van der Waals surface area contributed by atoms with Crippen LogP contribution in [0.5, 0.6) is 0 Å². The van der Waals surface area contributed by atoms with Gasteiger partial charge in [0.1, 0.15) is 11.9 Å². The third-order valence-corrected chi connectivity index (χ3v) is 9.66. The van der Waals surface area contributed by atoms with Crippen molar-refractivity contribution in [3.63, 3.8) is 0 Å². The van der Waals surface area contributed by atoms with Crippen LogP contribution in [0.15, 0.2) is 40.6 Å².